The van der Waals surface area contributed by atoms with Crippen LogP contribution in [0.15, 0.2) is 18.5 Å². The standard InChI is InChI=1S/C11H14N4O2/c12-11-10-2-1-9(15(10)14-6-13-11)7-3-8(4-16)17-5-7/h1-2,6-8,16H,3-5H2,(H2,12,13,14). The highest BCUT2D eigenvalue weighted by Gasteiger charge is 2.28. The van der Waals surface area contributed by atoms with Gasteiger partial charge in [-0.2, -0.15) is 5.10 Å². The van der Waals surface area contributed by atoms with E-state index < -0.39 is 0 Å². The molecule has 2 aromatic heterocycles. The van der Waals surface area contributed by atoms with Crippen LogP contribution in [0.4, 0.5) is 5.82 Å². The molecule has 1 aliphatic rings. The number of nitrogens with zero attached hydrogens (tertiary/aromatic N) is 3. The topological polar surface area (TPSA) is 85.7 Å². The van der Waals surface area contributed by atoms with E-state index in [1.165, 1.54) is 6.33 Å². The molecule has 1 fully saturated rings. The smallest absolute Gasteiger partial charge is 0.151 e. The molecule has 0 saturated carbocycles. The summed E-state index contributed by atoms with van der Waals surface area (Å²) >= 11 is 0. The first-order valence-electron chi connectivity index (χ1n) is 5.60. The molecule has 6 nitrogen and oxygen atoms in total. The maximum Gasteiger partial charge on any atom is 0.151 e. The molecule has 1 saturated heterocycles. The van der Waals surface area contributed by atoms with Crippen LogP contribution in [0.2, 0.25) is 0 Å². The van der Waals surface area contributed by atoms with Gasteiger partial charge < -0.3 is 15.6 Å². The van der Waals surface area contributed by atoms with Crippen LogP contribution in [0.1, 0.15) is 18.0 Å². The maximum atomic E-state index is 9.06. The van der Waals surface area contributed by atoms with Crippen LogP contribution in [-0.4, -0.2) is 39.0 Å². The van der Waals surface area contributed by atoms with Crippen LogP contribution in [0, 0.1) is 0 Å². The predicted octanol–water partition coefficient (Wildman–Crippen LogP) is 0.176. The Hall–Kier alpha value is -1.66. The summed E-state index contributed by atoms with van der Waals surface area (Å²) in [5.41, 5.74) is 7.65. The number of rotatable bonds is 2. The second-order valence-electron chi connectivity index (χ2n) is 4.27. The summed E-state index contributed by atoms with van der Waals surface area (Å²) in [7, 11) is 0. The lowest BCUT2D eigenvalue weighted by molar-refractivity contribution is 0.0584. The van der Waals surface area contributed by atoms with Gasteiger partial charge in [-0.3, -0.25) is 0 Å². The number of aliphatic hydroxyl groups excluding tert-OH is 1. The van der Waals surface area contributed by atoms with E-state index in [0.29, 0.717) is 12.4 Å². The van der Waals surface area contributed by atoms with Crippen molar-refractivity contribution >= 4 is 11.3 Å². The largest absolute Gasteiger partial charge is 0.394 e. The molecule has 0 amide bonds. The number of hydrogen-bond acceptors (Lipinski definition) is 5. The number of fused-ring (bicyclic) bond motifs is 1. The minimum Gasteiger partial charge on any atom is -0.394 e. The van der Waals surface area contributed by atoms with Crippen LogP contribution in [0.25, 0.3) is 5.52 Å². The molecule has 3 heterocycles. The van der Waals surface area contributed by atoms with Crippen molar-refractivity contribution in [2.75, 3.05) is 18.9 Å². The number of anilines is 1. The van der Waals surface area contributed by atoms with Gasteiger partial charge in [0.05, 0.1) is 19.3 Å². The molecule has 3 rings (SSSR count). The first-order chi connectivity index (χ1) is 8.29. The third kappa shape index (κ3) is 1.65. The second-order valence-corrected chi connectivity index (χ2v) is 4.27. The van der Waals surface area contributed by atoms with E-state index in [0.717, 1.165) is 17.6 Å². The minimum atomic E-state index is -0.0651. The van der Waals surface area contributed by atoms with E-state index in [2.05, 4.69) is 10.1 Å². The zero-order valence-corrected chi connectivity index (χ0v) is 9.28. The fourth-order valence-corrected chi connectivity index (χ4v) is 2.32. The number of ether oxygens (including phenoxy) is 1. The minimum absolute atomic E-state index is 0.0651. The summed E-state index contributed by atoms with van der Waals surface area (Å²) in [6, 6.07) is 3.91. The highest BCUT2D eigenvalue weighted by Crippen LogP contribution is 2.30. The quantitative estimate of drug-likeness (QED) is 0.774. The van der Waals surface area contributed by atoms with Crippen molar-refractivity contribution in [1.82, 2.24) is 14.6 Å². The Morgan fingerprint density at radius 3 is 3.18 bits per heavy atom. The first-order valence-corrected chi connectivity index (χ1v) is 5.60. The van der Waals surface area contributed by atoms with Crippen LogP contribution >= 0.6 is 0 Å². The lowest BCUT2D eigenvalue weighted by atomic mass is 10.0. The number of nitrogens with two attached hydrogens (primary N) is 1. The third-order valence-corrected chi connectivity index (χ3v) is 3.21. The van der Waals surface area contributed by atoms with E-state index in [1.54, 1.807) is 4.52 Å². The van der Waals surface area contributed by atoms with Gasteiger partial charge in [0.2, 0.25) is 0 Å². The van der Waals surface area contributed by atoms with Crippen LogP contribution in [0.5, 0.6) is 0 Å². The van der Waals surface area contributed by atoms with Crippen molar-refractivity contribution in [2.24, 2.45) is 0 Å². The lowest BCUT2D eigenvalue weighted by Crippen LogP contribution is -2.10. The summed E-state index contributed by atoms with van der Waals surface area (Å²) in [4.78, 5) is 3.95. The molecule has 0 aliphatic carbocycles. The van der Waals surface area contributed by atoms with E-state index in [9.17, 15) is 0 Å². The molecule has 1 aliphatic heterocycles. The van der Waals surface area contributed by atoms with Crippen LogP contribution in [0.3, 0.4) is 0 Å². The Labute approximate surface area is 98.0 Å². The van der Waals surface area contributed by atoms with E-state index in [-0.39, 0.29) is 18.6 Å². The number of nitrogen functional groups attached to an aromatic ring is 1. The molecule has 3 N–H and O–H groups in total. The van der Waals surface area contributed by atoms with Gasteiger partial charge in [-0.25, -0.2) is 9.50 Å². The highest BCUT2D eigenvalue weighted by molar-refractivity contribution is 5.65. The average molecular weight is 234 g/mol. The van der Waals surface area contributed by atoms with Gasteiger partial charge in [0.25, 0.3) is 0 Å². The summed E-state index contributed by atoms with van der Waals surface area (Å²) in [5, 5.41) is 13.3. The average Bonchev–Trinajstić information content (AvgIpc) is 2.94. The molecule has 6 heteroatoms. The van der Waals surface area contributed by atoms with Crippen molar-refractivity contribution in [3.63, 3.8) is 0 Å². The second kappa shape index (κ2) is 3.97. The zero-order chi connectivity index (χ0) is 11.8. The molecule has 2 unspecified atom stereocenters. The van der Waals surface area contributed by atoms with E-state index >= 15 is 0 Å². The molecule has 90 valence electrons. The van der Waals surface area contributed by atoms with Crippen molar-refractivity contribution in [2.45, 2.75) is 18.4 Å². The molecule has 2 aromatic rings. The van der Waals surface area contributed by atoms with Crippen LogP contribution < -0.4 is 5.73 Å². The normalized spacial score (nSPS) is 24.5. The fraction of sp³-hybridized carbons (Fsp3) is 0.455. The summed E-state index contributed by atoms with van der Waals surface area (Å²) < 4.78 is 7.28. The van der Waals surface area contributed by atoms with Crippen LogP contribution in [-0.2, 0) is 4.74 Å². The number of hydrogen-bond donors (Lipinski definition) is 2. The SMILES string of the molecule is Nc1ncnn2c(C3COC(CO)C3)ccc12. The number of aromatic nitrogens is 3. The summed E-state index contributed by atoms with van der Waals surface area (Å²) in [6.45, 7) is 0.679. The van der Waals surface area contributed by atoms with Gasteiger partial charge in [-0.15, -0.1) is 0 Å². The highest BCUT2D eigenvalue weighted by atomic mass is 16.5. The monoisotopic (exact) mass is 234 g/mol. The fourth-order valence-electron chi connectivity index (χ4n) is 2.32. The lowest BCUT2D eigenvalue weighted by Gasteiger charge is -2.07. The van der Waals surface area contributed by atoms with Crippen molar-refractivity contribution in [1.29, 1.82) is 0 Å². The Morgan fingerprint density at radius 1 is 1.53 bits per heavy atom. The molecule has 17 heavy (non-hydrogen) atoms. The molecular formula is C11H14N4O2. The van der Waals surface area contributed by atoms with E-state index in [4.69, 9.17) is 15.6 Å². The molecule has 0 radical (unpaired) electrons. The molecule has 0 aromatic carbocycles. The molecular weight excluding hydrogens is 220 g/mol. The Balaban J connectivity index is 1.99. The predicted molar refractivity (Wildman–Crippen MR) is 61.6 cm³/mol. The maximum absolute atomic E-state index is 9.06. The summed E-state index contributed by atoms with van der Waals surface area (Å²) in [5.74, 6) is 0.729. The van der Waals surface area contributed by atoms with Gasteiger partial charge in [0.1, 0.15) is 11.8 Å². The van der Waals surface area contributed by atoms with Gasteiger partial charge >= 0.3 is 0 Å². The molecule has 0 bridgehead atoms. The number of aliphatic hydroxyl groups is 1. The molecule has 2 atom stereocenters. The van der Waals surface area contributed by atoms with Gasteiger partial charge in [-0.05, 0) is 18.6 Å². The Kier molecular flexibility index (Phi) is 2.45. The van der Waals surface area contributed by atoms with Crippen molar-refractivity contribution < 1.29 is 9.84 Å². The van der Waals surface area contributed by atoms with Gasteiger partial charge in [0.15, 0.2) is 5.82 Å². The van der Waals surface area contributed by atoms with Crippen molar-refractivity contribution in [3.8, 4) is 0 Å². The first kappa shape index (κ1) is 10.5. The van der Waals surface area contributed by atoms with Crippen molar-refractivity contribution in [3.05, 3.63) is 24.2 Å². The van der Waals surface area contributed by atoms with Gasteiger partial charge in [-0.1, -0.05) is 0 Å². The van der Waals surface area contributed by atoms with Gasteiger partial charge in [0, 0.05) is 11.6 Å². The third-order valence-electron chi connectivity index (χ3n) is 3.21. The zero-order valence-electron chi connectivity index (χ0n) is 9.28. The Morgan fingerprint density at radius 2 is 2.41 bits per heavy atom. The van der Waals surface area contributed by atoms with E-state index in [1.807, 2.05) is 12.1 Å². The Bertz CT molecular complexity index is 539. The summed E-state index contributed by atoms with van der Waals surface area (Å²) in [6.07, 6.45) is 2.20. The molecule has 0 spiro atoms.